The minimum Gasteiger partial charge on any atom is -0.475 e. The molecular weight excluding hydrogens is 124 g/mol. The van der Waals surface area contributed by atoms with Crippen LogP contribution in [0, 0.1) is 0 Å². The van der Waals surface area contributed by atoms with Gasteiger partial charge >= 0.3 is 5.97 Å². The van der Waals surface area contributed by atoms with Crippen LogP contribution in [0.2, 0.25) is 0 Å². The summed E-state index contributed by atoms with van der Waals surface area (Å²) >= 11 is 0. The number of carboxylic acids is 1. The molecule has 0 atom stereocenters. The van der Waals surface area contributed by atoms with Gasteiger partial charge in [0.15, 0.2) is 0 Å². The highest BCUT2D eigenvalue weighted by atomic mass is 16.4. The van der Waals surface area contributed by atoms with Crippen molar-refractivity contribution >= 4 is 17.7 Å². The second-order valence-corrected chi connectivity index (χ2v) is 1.25. The van der Waals surface area contributed by atoms with E-state index in [1.54, 1.807) is 0 Å². The van der Waals surface area contributed by atoms with E-state index in [-0.39, 0.29) is 6.42 Å². The minimum atomic E-state index is -1.53. The summed E-state index contributed by atoms with van der Waals surface area (Å²) in [6.45, 7) is 0. The van der Waals surface area contributed by atoms with E-state index >= 15 is 0 Å². The molecule has 0 aromatic rings. The van der Waals surface area contributed by atoms with Gasteiger partial charge in [0.2, 0.25) is 5.78 Å². The number of carbonyl (C=O) groups excluding carboxylic acids is 2. The number of hydrogen-bond acceptors (Lipinski definition) is 3. The summed E-state index contributed by atoms with van der Waals surface area (Å²) in [6, 6.07) is 0. The topological polar surface area (TPSA) is 71.4 Å². The van der Waals surface area contributed by atoms with Crippen LogP contribution in [-0.2, 0) is 14.4 Å². The smallest absolute Gasteiger partial charge is 0.372 e. The Hall–Kier alpha value is -1.41. The lowest BCUT2D eigenvalue weighted by molar-refractivity contribution is -0.148. The molecule has 48 valence electrons. The summed E-state index contributed by atoms with van der Waals surface area (Å²) in [5.41, 5.74) is 0. The Balaban J connectivity index is 3.78. The second kappa shape index (κ2) is 3.57. The first-order valence-corrected chi connectivity index (χ1v) is 2.14. The number of carbonyl (C=O) groups is 2. The van der Waals surface area contributed by atoms with Gasteiger partial charge in [0, 0.05) is 12.5 Å². The average Bonchev–Trinajstić information content (AvgIpc) is 1.82. The van der Waals surface area contributed by atoms with Gasteiger partial charge in [-0.15, -0.1) is 0 Å². The van der Waals surface area contributed by atoms with E-state index in [1.807, 2.05) is 0 Å². The predicted molar refractivity (Wildman–Crippen MR) is 27.5 cm³/mol. The number of aliphatic carboxylic acids is 1. The first-order valence-electron chi connectivity index (χ1n) is 2.14. The lowest BCUT2D eigenvalue weighted by atomic mass is 10.3. The lowest BCUT2D eigenvalue weighted by Gasteiger charge is -1.81. The quantitative estimate of drug-likeness (QED) is 0.407. The zero-order valence-electron chi connectivity index (χ0n) is 4.46. The molecule has 0 aromatic carbocycles. The number of rotatable bonds is 3. The van der Waals surface area contributed by atoms with Gasteiger partial charge in [-0.05, 0) is 0 Å². The molecule has 0 fully saturated rings. The molecule has 4 nitrogen and oxygen atoms in total. The van der Waals surface area contributed by atoms with Crippen molar-refractivity contribution in [3.05, 3.63) is 6.08 Å². The Morgan fingerprint density at radius 1 is 1.56 bits per heavy atom. The SMILES string of the molecule is O=C=CCC(=O)C(=O)O. The lowest BCUT2D eigenvalue weighted by Crippen LogP contribution is -2.10. The molecule has 0 aromatic heterocycles. The van der Waals surface area contributed by atoms with E-state index in [0.717, 1.165) is 6.08 Å². The van der Waals surface area contributed by atoms with Gasteiger partial charge in [0.05, 0.1) is 0 Å². The fourth-order valence-electron chi connectivity index (χ4n) is 0.222. The van der Waals surface area contributed by atoms with E-state index in [2.05, 4.69) is 0 Å². The molecule has 0 radical (unpaired) electrons. The third-order valence-electron chi connectivity index (χ3n) is 0.609. The highest BCUT2D eigenvalue weighted by molar-refractivity contribution is 6.33. The molecule has 0 aliphatic heterocycles. The van der Waals surface area contributed by atoms with Crippen LogP contribution < -0.4 is 0 Å². The number of allylic oxidation sites excluding steroid dienone is 1. The normalized spacial score (nSPS) is 7.56. The Labute approximate surface area is 50.8 Å². The van der Waals surface area contributed by atoms with Crippen LogP contribution in [-0.4, -0.2) is 22.8 Å². The molecule has 0 saturated heterocycles. The summed E-state index contributed by atoms with van der Waals surface area (Å²) < 4.78 is 0. The van der Waals surface area contributed by atoms with Gasteiger partial charge in [0.25, 0.3) is 0 Å². The van der Waals surface area contributed by atoms with E-state index in [0.29, 0.717) is 0 Å². The number of ketones is 1. The highest BCUT2D eigenvalue weighted by Gasteiger charge is 2.07. The average molecular weight is 128 g/mol. The monoisotopic (exact) mass is 128 g/mol. The summed E-state index contributed by atoms with van der Waals surface area (Å²) in [4.78, 5) is 29.2. The first-order chi connectivity index (χ1) is 4.18. The molecule has 0 saturated carbocycles. The third-order valence-corrected chi connectivity index (χ3v) is 0.609. The summed E-state index contributed by atoms with van der Waals surface area (Å²) in [6.07, 6.45) is 0.454. The maximum atomic E-state index is 10.1. The van der Waals surface area contributed by atoms with E-state index < -0.39 is 11.8 Å². The number of carboxylic acid groups (broad SMARTS) is 1. The molecule has 0 heterocycles. The van der Waals surface area contributed by atoms with Crippen molar-refractivity contribution in [1.29, 1.82) is 0 Å². The molecular formula is C5H4O4. The van der Waals surface area contributed by atoms with E-state index in [4.69, 9.17) is 5.11 Å². The van der Waals surface area contributed by atoms with Crippen LogP contribution in [0.15, 0.2) is 6.08 Å². The fourth-order valence-corrected chi connectivity index (χ4v) is 0.222. The molecule has 0 spiro atoms. The zero-order valence-corrected chi connectivity index (χ0v) is 4.46. The van der Waals surface area contributed by atoms with Crippen LogP contribution in [0.3, 0.4) is 0 Å². The van der Waals surface area contributed by atoms with E-state index in [1.165, 1.54) is 5.94 Å². The second-order valence-electron chi connectivity index (χ2n) is 1.25. The van der Waals surface area contributed by atoms with Gasteiger partial charge in [0.1, 0.15) is 5.94 Å². The van der Waals surface area contributed by atoms with Gasteiger partial charge in [-0.25, -0.2) is 9.59 Å². The molecule has 0 rings (SSSR count). The van der Waals surface area contributed by atoms with Gasteiger partial charge in [-0.2, -0.15) is 0 Å². The van der Waals surface area contributed by atoms with Crippen LogP contribution in [0.4, 0.5) is 0 Å². The van der Waals surface area contributed by atoms with Crippen molar-refractivity contribution in [2.75, 3.05) is 0 Å². The van der Waals surface area contributed by atoms with E-state index in [9.17, 15) is 14.4 Å². The Bertz CT molecular complexity index is 175. The molecule has 4 heteroatoms. The van der Waals surface area contributed by atoms with Crippen molar-refractivity contribution in [3.8, 4) is 0 Å². The Morgan fingerprint density at radius 2 is 2.11 bits per heavy atom. The maximum absolute atomic E-state index is 10.1. The molecule has 1 N–H and O–H groups in total. The van der Waals surface area contributed by atoms with Crippen molar-refractivity contribution in [2.45, 2.75) is 6.42 Å². The molecule has 0 aliphatic carbocycles. The molecule has 0 unspecified atom stereocenters. The summed E-state index contributed by atoms with van der Waals surface area (Å²) in [5, 5.41) is 7.91. The standard InChI is InChI=1S/C5H4O4/c6-3-1-2-4(7)5(8)9/h1H,2H2,(H,8,9). The summed E-state index contributed by atoms with van der Waals surface area (Å²) in [5.74, 6) is -1.23. The molecule has 0 amide bonds. The van der Waals surface area contributed by atoms with Crippen LogP contribution in [0.1, 0.15) is 6.42 Å². The highest BCUT2D eigenvalue weighted by Crippen LogP contribution is 1.80. The fraction of sp³-hybridized carbons (Fsp3) is 0.200. The predicted octanol–water partition coefficient (Wildman–Crippen LogP) is -0.582. The van der Waals surface area contributed by atoms with Gasteiger partial charge in [-0.1, -0.05) is 0 Å². The van der Waals surface area contributed by atoms with Crippen molar-refractivity contribution in [2.24, 2.45) is 0 Å². The summed E-state index contributed by atoms with van der Waals surface area (Å²) in [7, 11) is 0. The van der Waals surface area contributed by atoms with Crippen molar-refractivity contribution in [3.63, 3.8) is 0 Å². The Morgan fingerprint density at radius 3 is 2.44 bits per heavy atom. The van der Waals surface area contributed by atoms with Gasteiger partial charge < -0.3 is 5.11 Å². The number of Topliss-reactive ketones (excluding diaryl/α,β-unsaturated/α-hetero) is 1. The largest absolute Gasteiger partial charge is 0.475 e. The van der Waals surface area contributed by atoms with Crippen LogP contribution >= 0.6 is 0 Å². The minimum absolute atomic E-state index is 0.376. The number of hydrogen-bond donors (Lipinski definition) is 1. The molecule has 9 heavy (non-hydrogen) atoms. The van der Waals surface area contributed by atoms with Crippen LogP contribution in [0.5, 0.6) is 0 Å². The molecule has 0 aliphatic rings. The Kier molecular flexibility index (Phi) is 3.01. The maximum Gasteiger partial charge on any atom is 0.372 e. The third kappa shape index (κ3) is 3.20. The van der Waals surface area contributed by atoms with Gasteiger partial charge in [-0.3, -0.25) is 4.79 Å². The van der Waals surface area contributed by atoms with Crippen molar-refractivity contribution < 1.29 is 19.5 Å². The van der Waals surface area contributed by atoms with Crippen LogP contribution in [0.25, 0.3) is 0 Å². The first kappa shape index (κ1) is 7.59. The van der Waals surface area contributed by atoms with Crippen molar-refractivity contribution in [1.82, 2.24) is 0 Å². The molecule has 0 bridgehead atoms. The zero-order chi connectivity index (χ0) is 7.28.